The largest absolute Gasteiger partial charge is 0.456 e. The first-order valence-corrected chi connectivity index (χ1v) is 16.9. The van der Waals surface area contributed by atoms with Crippen molar-refractivity contribution in [1.29, 1.82) is 0 Å². The molecule has 5 aromatic heterocycles. The van der Waals surface area contributed by atoms with E-state index in [0.717, 1.165) is 23.0 Å². The van der Waals surface area contributed by atoms with E-state index >= 15 is 0 Å². The number of pyridine rings is 2. The number of fused-ring (bicyclic) bond motifs is 8. The zero-order valence-electron chi connectivity index (χ0n) is 26.9. The van der Waals surface area contributed by atoms with Crippen LogP contribution in [0.15, 0.2) is 140 Å². The first-order chi connectivity index (χ1) is 24.1. The van der Waals surface area contributed by atoms with Gasteiger partial charge in [0.15, 0.2) is 11.1 Å². The Morgan fingerprint density at radius 3 is 2.39 bits per heavy atom. The molecule has 9 aromatic rings. The number of rotatable bonds is 2. The van der Waals surface area contributed by atoms with Gasteiger partial charge in [-0.15, -0.1) is 4.68 Å². The molecule has 6 nitrogen and oxygen atoms in total. The molecule has 8 heterocycles. The third-order valence-corrected chi connectivity index (χ3v) is 11.2. The summed E-state index contributed by atoms with van der Waals surface area (Å²) in [5.41, 5.74) is 13.7. The van der Waals surface area contributed by atoms with Crippen molar-refractivity contribution in [3.63, 3.8) is 0 Å². The first kappa shape index (κ1) is 25.7. The molecule has 0 amide bonds. The molecule has 1 unspecified atom stereocenters. The third-order valence-electron chi connectivity index (χ3n) is 11.2. The molecule has 12 rings (SSSR count). The molecule has 0 radical (unpaired) electrons. The molecule has 0 bridgehead atoms. The summed E-state index contributed by atoms with van der Waals surface area (Å²) in [4.78, 5) is 0. The molecule has 0 saturated carbocycles. The van der Waals surface area contributed by atoms with Crippen LogP contribution in [0.2, 0.25) is 0 Å². The predicted molar refractivity (Wildman–Crippen MR) is 190 cm³/mol. The summed E-state index contributed by atoms with van der Waals surface area (Å²) in [6, 6.07) is 43.9. The maximum Gasteiger partial charge on any atom is 0.397 e. The van der Waals surface area contributed by atoms with E-state index in [2.05, 4.69) is 177 Å². The van der Waals surface area contributed by atoms with Crippen molar-refractivity contribution in [1.82, 2.24) is 13.6 Å². The number of nitrogens with zero attached hydrogens (tertiary/aromatic N) is 5. The molecule has 0 saturated heterocycles. The zero-order valence-corrected chi connectivity index (χ0v) is 26.9. The van der Waals surface area contributed by atoms with E-state index in [9.17, 15) is 0 Å². The Kier molecular flexibility index (Phi) is 4.47. The fraction of sp³-hybridized carbons (Fsp3) is 0.0698. The van der Waals surface area contributed by atoms with Gasteiger partial charge in [0.2, 0.25) is 5.69 Å². The molecular weight excluding hydrogens is 603 g/mol. The molecule has 49 heavy (non-hydrogen) atoms. The van der Waals surface area contributed by atoms with Crippen LogP contribution in [0.25, 0.3) is 61.1 Å². The number of hydrogen-bond acceptors (Lipinski definition) is 1. The van der Waals surface area contributed by atoms with Crippen LogP contribution in [-0.2, 0) is 5.66 Å². The molecular formula is C43H29N5O+2. The van der Waals surface area contributed by atoms with Crippen molar-refractivity contribution in [3.05, 3.63) is 162 Å². The summed E-state index contributed by atoms with van der Waals surface area (Å²) >= 11 is 0. The molecule has 230 valence electrons. The van der Waals surface area contributed by atoms with Crippen LogP contribution in [0.5, 0.6) is 11.5 Å². The van der Waals surface area contributed by atoms with Gasteiger partial charge in [0, 0.05) is 47.2 Å². The Labute approximate surface area is 281 Å². The SMILES string of the molecule is Cc1c(-c2ccc(-c3cc4ccccn4c3)cc2)c(C)[n+]2n1-c1cccc3c1C21c2c(ccc4c5ccccc5n(c24)-c2cccc[n+]21)O3. The van der Waals surface area contributed by atoms with Gasteiger partial charge in [-0.1, -0.05) is 59.3 Å². The lowest BCUT2D eigenvalue weighted by Crippen LogP contribution is -2.77. The van der Waals surface area contributed by atoms with Crippen LogP contribution < -0.4 is 14.0 Å². The van der Waals surface area contributed by atoms with Gasteiger partial charge in [-0.3, -0.25) is 0 Å². The smallest absolute Gasteiger partial charge is 0.397 e. The quantitative estimate of drug-likeness (QED) is 0.176. The van der Waals surface area contributed by atoms with Crippen LogP contribution in [-0.4, -0.2) is 13.6 Å². The minimum Gasteiger partial charge on any atom is -0.456 e. The summed E-state index contributed by atoms with van der Waals surface area (Å²) in [6.07, 6.45) is 6.56. The lowest BCUT2D eigenvalue weighted by molar-refractivity contribution is -0.995. The molecule has 0 N–H and O–H groups in total. The van der Waals surface area contributed by atoms with Crippen molar-refractivity contribution in [2.75, 3.05) is 0 Å². The second kappa shape index (κ2) is 8.54. The van der Waals surface area contributed by atoms with E-state index in [1.807, 2.05) is 0 Å². The van der Waals surface area contributed by atoms with E-state index in [0.29, 0.717) is 0 Å². The van der Waals surface area contributed by atoms with Gasteiger partial charge >= 0.3 is 5.66 Å². The van der Waals surface area contributed by atoms with Gasteiger partial charge in [0.25, 0.3) is 5.82 Å². The molecule has 6 heteroatoms. The van der Waals surface area contributed by atoms with E-state index < -0.39 is 5.66 Å². The van der Waals surface area contributed by atoms with Crippen molar-refractivity contribution in [3.8, 4) is 45.3 Å². The second-order valence-corrected chi connectivity index (χ2v) is 13.5. The van der Waals surface area contributed by atoms with Gasteiger partial charge in [0.1, 0.15) is 28.3 Å². The van der Waals surface area contributed by atoms with Crippen LogP contribution in [0.3, 0.4) is 0 Å². The predicted octanol–water partition coefficient (Wildman–Crippen LogP) is 8.38. The maximum absolute atomic E-state index is 6.86. The van der Waals surface area contributed by atoms with Crippen molar-refractivity contribution in [2.45, 2.75) is 19.5 Å². The second-order valence-electron chi connectivity index (χ2n) is 13.5. The molecule has 4 aromatic carbocycles. The molecule has 1 atom stereocenters. The van der Waals surface area contributed by atoms with Crippen molar-refractivity contribution in [2.24, 2.45) is 0 Å². The summed E-state index contributed by atoms with van der Waals surface area (Å²) in [5, 5.41) is 2.48. The normalized spacial score (nSPS) is 16.2. The Morgan fingerprint density at radius 2 is 1.49 bits per heavy atom. The van der Waals surface area contributed by atoms with Gasteiger partial charge in [-0.2, -0.15) is 9.13 Å². The summed E-state index contributed by atoms with van der Waals surface area (Å²) in [7, 11) is 0. The number of para-hydroxylation sites is 1. The third kappa shape index (κ3) is 2.84. The molecule has 3 aliphatic heterocycles. The van der Waals surface area contributed by atoms with E-state index in [4.69, 9.17) is 4.74 Å². The standard InChI is InChI=1S/C43H29N5O/c1-26-39(29-18-16-28(17-19-29)30-24-31-10-5-7-22-44(31)25-30)27(2)48-43-40-35(47(26)48)13-9-14-36(40)49-37-21-20-33-32-11-3-4-12-34(32)46(42(33)41(37)43)38-15-6-8-23-45(38)43/h3-25H,1-2H3/q+2. The topological polar surface area (TPSA) is 31.3 Å². The average molecular weight is 632 g/mol. The highest BCUT2D eigenvalue weighted by atomic mass is 16.5. The Bertz CT molecular complexity index is 2910. The average Bonchev–Trinajstić information content (AvgIpc) is 3.87. The van der Waals surface area contributed by atoms with E-state index in [-0.39, 0.29) is 0 Å². The minimum absolute atomic E-state index is 0.695. The van der Waals surface area contributed by atoms with Crippen LogP contribution in [0, 0.1) is 13.8 Å². The fourth-order valence-electron chi connectivity index (χ4n) is 9.43. The molecule has 0 fully saturated rings. The van der Waals surface area contributed by atoms with E-state index in [1.165, 1.54) is 72.1 Å². The maximum atomic E-state index is 6.86. The number of hydrogen-bond donors (Lipinski definition) is 0. The summed E-state index contributed by atoms with van der Waals surface area (Å²) < 4.78 is 18.9. The van der Waals surface area contributed by atoms with Crippen LogP contribution >= 0.6 is 0 Å². The van der Waals surface area contributed by atoms with Crippen molar-refractivity contribution >= 4 is 27.3 Å². The molecule has 1 spiro atoms. The summed E-state index contributed by atoms with van der Waals surface area (Å²) in [5.74, 6) is 2.93. The highest BCUT2D eigenvalue weighted by Crippen LogP contribution is 2.56. The highest BCUT2D eigenvalue weighted by Gasteiger charge is 2.69. The minimum atomic E-state index is -0.695. The lowest BCUT2D eigenvalue weighted by atomic mass is 9.84. The van der Waals surface area contributed by atoms with Gasteiger partial charge in [0.05, 0.1) is 17.5 Å². The van der Waals surface area contributed by atoms with Crippen LogP contribution in [0.4, 0.5) is 0 Å². The summed E-state index contributed by atoms with van der Waals surface area (Å²) in [6.45, 7) is 4.55. The Hall–Kier alpha value is -6.40. The monoisotopic (exact) mass is 631 g/mol. The number of benzene rings is 4. The molecule has 3 aliphatic rings. The lowest BCUT2D eigenvalue weighted by Gasteiger charge is -2.33. The number of ether oxygens (including phenoxy) is 1. The van der Waals surface area contributed by atoms with Crippen LogP contribution in [0.1, 0.15) is 22.5 Å². The fourth-order valence-corrected chi connectivity index (χ4v) is 9.43. The van der Waals surface area contributed by atoms with E-state index in [1.54, 1.807) is 0 Å². The molecule has 0 aliphatic carbocycles. The Morgan fingerprint density at radius 1 is 0.673 bits per heavy atom. The van der Waals surface area contributed by atoms with Crippen molar-refractivity contribution < 1.29 is 14.0 Å². The van der Waals surface area contributed by atoms with Gasteiger partial charge in [-0.05, 0) is 78.7 Å². The highest BCUT2D eigenvalue weighted by molar-refractivity contribution is 6.11. The first-order valence-electron chi connectivity index (χ1n) is 16.9. The van der Waals surface area contributed by atoms with Gasteiger partial charge < -0.3 is 9.14 Å². The zero-order chi connectivity index (χ0) is 32.2. The van der Waals surface area contributed by atoms with Gasteiger partial charge in [-0.25, -0.2) is 0 Å². The Balaban J connectivity index is 1.17. The number of aromatic nitrogens is 5.